The summed E-state index contributed by atoms with van der Waals surface area (Å²) in [6, 6.07) is 12.1. The second-order valence-electron chi connectivity index (χ2n) is 6.19. The SMILES string of the molecule is NS(=O)(=O)c1ccc(CNc2ncc3c(n2)NNC(c2ccc(F)cc2)=N3)cc1. The summed E-state index contributed by atoms with van der Waals surface area (Å²) in [6.07, 6.45) is 1.56. The fraction of sp³-hybridized carbons (Fsp3) is 0.0556. The Morgan fingerprint density at radius 2 is 1.76 bits per heavy atom. The third kappa shape index (κ3) is 4.31. The monoisotopic (exact) mass is 413 g/mol. The average Bonchev–Trinajstić information content (AvgIpc) is 2.72. The fourth-order valence-corrected chi connectivity index (χ4v) is 3.14. The molecule has 0 radical (unpaired) electrons. The number of anilines is 2. The second kappa shape index (κ2) is 7.45. The number of nitrogens with zero attached hydrogens (tertiary/aromatic N) is 3. The van der Waals surface area contributed by atoms with Gasteiger partial charge in [0.05, 0.1) is 11.1 Å². The number of amidine groups is 1. The summed E-state index contributed by atoms with van der Waals surface area (Å²) in [5.41, 5.74) is 7.95. The van der Waals surface area contributed by atoms with Crippen molar-refractivity contribution in [3.05, 3.63) is 71.7 Å². The first-order valence-corrected chi connectivity index (χ1v) is 10.0. The van der Waals surface area contributed by atoms with Crippen LogP contribution >= 0.6 is 0 Å². The van der Waals surface area contributed by atoms with E-state index in [0.29, 0.717) is 29.8 Å². The number of aromatic nitrogens is 2. The van der Waals surface area contributed by atoms with E-state index in [9.17, 15) is 12.8 Å². The number of nitrogens with two attached hydrogens (primary N) is 1. The third-order valence-electron chi connectivity index (χ3n) is 4.12. The van der Waals surface area contributed by atoms with Gasteiger partial charge in [0.25, 0.3) is 0 Å². The third-order valence-corrected chi connectivity index (χ3v) is 5.05. The van der Waals surface area contributed by atoms with Gasteiger partial charge in [0.2, 0.25) is 16.0 Å². The molecule has 9 nitrogen and oxygen atoms in total. The Bertz CT molecular complexity index is 1180. The number of halogens is 1. The molecular formula is C18H16FN7O2S. The molecule has 0 atom stereocenters. The van der Waals surface area contributed by atoms with Crippen molar-refractivity contribution in [1.29, 1.82) is 0 Å². The molecule has 0 bridgehead atoms. The molecule has 3 aromatic rings. The normalized spacial score (nSPS) is 13.0. The molecule has 1 aromatic heterocycles. The number of hydrazine groups is 1. The Morgan fingerprint density at radius 1 is 1.03 bits per heavy atom. The van der Waals surface area contributed by atoms with Gasteiger partial charge < -0.3 is 5.32 Å². The lowest BCUT2D eigenvalue weighted by atomic mass is 10.2. The molecule has 0 aliphatic carbocycles. The van der Waals surface area contributed by atoms with Crippen LogP contribution in [0.3, 0.4) is 0 Å². The molecule has 2 aromatic carbocycles. The first-order chi connectivity index (χ1) is 13.9. The molecule has 5 N–H and O–H groups in total. The lowest BCUT2D eigenvalue weighted by Gasteiger charge is -2.19. The van der Waals surface area contributed by atoms with Gasteiger partial charge in [0, 0.05) is 12.1 Å². The van der Waals surface area contributed by atoms with Crippen LogP contribution in [0.4, 0.5) is 21.8 Å². The minimum atomic E-state index is -3.72. The van der Waals surface area contributed by atoms with E-state index in [1.165, 1.54) is 24.3 Å². The number of rotatable bonds is 5. The molecule has 0 saturated carbocycles. The van der Waals surface area contributed by atoms with Gasteiger partial charge in [0.1, 0.15) is 11.5 Å². The minimum Gasteiger partial charge on any atom is -0.350 e. The highest BCUT2D eigenvalue weighted by Gasteiger charge is 2.15. The molecule has 11 heteroatoms. The quantitative estimate of drug-likeness (QED) is 0.502. The standard InChI is InChI=1S/C18H16FN7O2S/c19-13-5-3-12(4-6-13)16-23-15-10-22-18(24-17(15)26-25-16)21-9-11-1-7-14(8-2-11)29(20,27)28/h1-8,10H,9H2,(H,23,25)(H2,20,27,28)(H2,21,22,24,26). The topological polar surface area (TPSA) is 134 Å². The van der Waals surface area contributed by atoms with Crippen LogP contribution in [0.2, 0.25) is 0 Å². The van der Waals surface area contributed by atoms with Gasteiger partial charge in [0.15, 0.2) is 11.7 Å². The van der Waals surface area contributed by atoms with Crippen LogP contribution in [-0.4, -0.2) is 24.2 Å². The van der Waals surface area contributed by atoms with Crippen LogP contribution in [0.25, 0.3) is 0 Å². The molecule has 0 amide bonds. The van der Waals surface area contributed by atoms with Gasteiger partial charge >= 0.3 is 0 Å². The smallest absolute Gasteiger partial charge is 0.238 e. The molecule has 1 aliphatic heterocycles. The van der Waals surface area contributed by atoms with E-state index < -0.39 is 10.0 Å². The zero-order valence-electron chi connectivity index (χ0n) is 14.9. The number of hydrogen-bond donors (Lipinski definition) is 4. The van der Waals surface area contributed by atoms with E-state index >= 15 is 0 Å². The number of aliphatic imine (C=N–C) groups is 1. The highest BCUT2D eigenvalue weighted by molar-refractivity contribution is 7.89. The van der Waals surface area contributed by atoms with Gasteiger partial charge in [-0.25, -0.2) is 27.9 Å². The summed E-state index contributed by atoms with van der Waals surface area (Å²) in [5, 5.41) is 8.14. The van der Waals surface area contributed by atoms with Gasteiger partial charge in [-0.1, -0.05) is 12.1 Å². The van der Waals surface area contributed by atoms with E-state index in [0.717, 1.165) is 11.1 Å². The molecule has 0 unspecified atom stereocenters. The van der Waals surface area contributed by atoms with Gasteiger partial charge in [-0.2, -0.15) is 4.98 Å². The summed E-state index contributed by atoms with van der Waals surface area (Å²) < 4.78 is 35.7. The van der Waals surface area contributed by atoms with E-state index in [2.05, 4.69) is 31.1 Å². The van der Waals surface area contributed by atoms with E-state index in [4.69, 9.17) is 5.14 Å². The summed E-state index contributed by atoms with van der Waals surface area (Å²) in [5.74, 6) is 1.06. The molecule has 0 spiro atoms. The number of primary sulfonamides is 1. The number of benzene rings is 2. The summed E-state index contributed by atoms with van der Waals surface area (Å²) in [4.78, 5) is 13.1. The van der Waals surface area contributed by atoms with Crippen LogP contribution in [0.5, 0.6) is 0 Å². The van der Waals surface area contributed by atoms with E-state index in [-0.39, 0.29) is 10.7 Å². The van der Waals surface area contributed by atoms with E-state index in [1.54, 1.807) is 30.5 Å². The van der Waals surface area contributed by atoms with Gasteiger partial charge in [-0.05, 0) is 42.0 Å². The zero-order chi connectivity index (χ0) is 20.4. The maximum absolute atomic E-state index is 13.1. The van der Waals surface area contributed by atoms with E-state index in [1.807, 2.05) is 0 Å². The van der Waals surface area contributed by atoms with Crippen molar-refractivity contribution in [1.82, 2.24) is 15.4 Å². The van der Waals surface area contributed by atoms with Crippen LogP contribution < -0.4 is 21.3 Å². The highest BCUT2D eigenvalue weighted by Crippen LogP contribution is 2.26. The Labute approximate surface area is 165 Å². The number of fused-ring (bicyclic) bond motifs is 1. The maximum Gasteiger partial charge on any atom is 0.238 e. The summed E-state index contributed by atoms with van der Waals surface area (Å²) in [6.45, 7) is 0.390. The first-order valence-electron chi connectivity index (χ1n) is 8.48. The molecule has 0 fully saturated rings. The predicted molar refractivity (Wildman–Crippen MR) is 107 cm³/mol. The lowest BCUT2D eigenvalue weighted by molar-refractivity contribution is 0.597. The van der Waals surface area contributed by atoms with Crippen molar-refractivity contribution in [3.63, 3.8) is 0 Å². The maximum atomic E-state index is 13.1. The van der Waals surface area contributed by atoms with Crippen LogP contribution in [0.15, 0.2) is 64.6 Å². The fourth-order valence-electron chi connectivity index (χ4n) is 2.62. The number of sulfonamides is 1. The second-order valence-corrected chi connectivity index (χ2v) is 7.75. The average molecular weight is 413 g/mol. The Balaban J connectivity index is 1.46. The number of nitrogens with one attached hydrogen (secondary N) is 3. The molecule has 1 aliphatic rings. The number of hydrogen-bond acceptors (Lipinski definition) is 8. The summed E-state index contributed by atoms with van der Waals surface area (Å²) >= 11 is 0. The van der Waals surface area contributed by atoms with Crippen molar-refractivity contribution in [2.24, 2.45) is 10.1 Å². The molecule has 0 saturated heterocycles. The lowest BCUT2D eigenvalue weighted by Crippen LogP contribution is -2.33. The van der Waals surface area contributed by atoms with Crippen molar-refractivity contribution in [3.8, 4) is 0 Å². The van der Waals surface area contributed by atoms with Crippen molar-refractivity contribution in [2.75, 3.05) is 10.7 Å². The molecule has 2 heterocycles. The van der Waals surface area contributed by atoms with Crippen LogP contribution in [-0.2, 0) is 16.6 Å². The predicted octanol–water partition coefficient (Wildman–Crippen LogP) is 1.88. The molecule has 29 heavy (non-hydrogen) atoms. The molecule has 148 valence electrons. The van der Waals surface area contributed by atoms with Crippen molar-refractivity contribution in [2.45, 2.75) is 11.4 Å². The van der Waals surface area contributed by atoms with Crippen molar-refractivity contribution >= 4 is 33.3 Å². The van der Waals surface area contributed by atoms with Gasteiger partial charge in [-0.15, -0.1) is 0 Å². The molecular weight excluding hydrogens is 397 g/mol. The minimum absolute atomic E-state index is 0.0522. The first kappa shape index (κ1) is 18.8. The summed E-state index contributed by atoms with van der Waals surface area (Å²) in [7, 11) is -3.72. The Kier molecular flexibility index (Phi) is 4.82. The highest BCUT2D eigenvalue weighted by atomic mass is 32.2. The Hall–Kier alpha value is -3.57. The largest absolute Gasteiger partial charge is 0.350 e. The molecule has 4 rings (SSSR count). The zero-order valence-corrected chi connectivity index (χ0v) is 15.7. The van der Waals surface area contributed by atoms with Crippen molar-refractivity contribution < 1.29 is 12.8 Å². The Morgan fingerprint density at radius 3 is 2.45 bits per heavy atom. The van der Waals surface area contributed by atoms with Gasteiger partial charge in [-0.3, -0.25) is 10.9 Å². The van der Waals surface area contributed by atoms with Crippen LogP contribution in [0.1, 0.15) is 11.1 Å². The van der Waals surface area contributed by atoms with Crippen LogP contribution in [0, 0.1) is 5.82 Å².